The topological polar surface area (TPSA) is 26.3 Å². The molecule has 0 saturated heterocycles. The summed E-state index contributed by atoms with van der Waals surface area (Å²) in [5.41, 5.74) is 1.17. The Kier molecular flexibility index (Phi) is 3.59. The van der Waals surface area contributed by atoms with Crippen molar-refractivity contribution in [1.82, 2.24) is 0 Å². The molecular weight excluding hydrogens is 232 g/mol. The number of benzene rings is 2. The fourth-order valence-electron chi connectivity index (χ4n) is 1.50. The minimum Gasteiger partial charge on any atom is -0.497 e. The van der Waals surface area contributed by atoms with Crippen LogP contribution in [0.5, 0.6) is 5.75 Å². The molecule has 0 aliphatic carbocycles. The van der Waals surface area contributed by atoms with Crippen LogP contribution in [0.4, 0.5) is 0 Å². The molecule has 88 valence electrons. The number of methoxy groups -OCH3 is 1. The number of ether oxygens (including phenoxy) is 1. The molecule has 1 atom stereocenters. The molecule has 0 spiro atoms. The van der Waals surface area contributed by atoms with Crippen molar-refractivity contribution >= 4 is 10.8 Å². The van der Waals surface area contributed by atoms with Gasteiger partial charge in [0.25, 0.3) is 0 Å². The normalized spacial score (nSPS) is 12.1. The molecule has 0 aliphatic heterocycles. The van der Waals surface area contributed by atoms with Crippen molar-refractivity contribution in [3.05, 3.63) is 54.1 Å². The van der Waals surface area contributed by atoms with Gasteiger partial charge in [-0.05, 0) is 43.3 Å². The van der Waals surface area contributed by atoms with Crippen molar-refractivity contribution in [2.75, 3.05) is 7.11 Å². The summed E-state index contributed by atoms with van der Waals surface area (Å²) in [6, 6.07) is 15.0. The Balaban J connectivity index is 2.27. The summed E-state index contributed by atoms with van der Waals surface area (Å²) >= 11 is 0. The zero-order valence-electron chi connectivity index (χ0n) is 9.84. The maximum absolute atomic E-state index is 12.2. The van der Waals surface area contributed by atoms with E-state index in [-0.39, 0.29) is 0 Å². The Labute approximate surface area is 104 Å². The van der Waals surface area contributed by atoms with Gasteiger partial charge in [0.05, 0.1) is 17.9 Å². The van der Waals surface area contributed by atoms with Crippen LogP contribution in [0.15, 0.2) is 58.3 Å². The Hall–Kier alpha value is -1.61. The van der Waals surface area contributed by atoms with E-state index in [1.165, 1.54) is 5.56 Å². The van der Waals surface area contributed by atoms with Crippen LogP contribution in [0.3, 0.4) is 0 Å². The van der Waals surface area contributed by atoms with Gasteiger partial charge < -0.3 is 4.74 Å². The third-order valence-electron chi connectivity index (χ3n) is 2.51. The lowest BCUT2D eigenvalue weighted by Gasteiger charge is -2.04. The van der Waals surface area contributed by atoms with Crippen molar-refractivity contribution < 1.29 is 8.95 Å². The largest absolute Gasteiger partial charge is 0.497 e. The average molecular weight is 246 g/mol. The minimum atomic E-state index is -1.12. The van der Waals surface area contributed by atoms with E-state index in [1.807, 2.05) is 55.5 Å². The minimum absolute atomic E-state index is 0.773. The smallest absolute Gasteiger partial charge is 0.118 e. The lowest BCUT2D eigenvalue weighted by Crippen LogP contribution is -1.93. The van der Waals surface area contributed by atoms with E-state index >= 15 is 0 Å². The van der Waals surface area contributed by atoms with Gasteiger partial charge in [-0.3, -0.25) is 0 Å². The van der Waals surface area contributed by atoms with Crippen LogP contribution < -0.4 is 4.74 Å². The maximum Gasteiger partial charge on any atom is 0.118 e. The molecule has 0 amide bonds. The first-order valence-corrected chi connectivity index (χ1v) is 6.48. The standard InChI is InChI=1S/C14H14O2S/c1-11-3-7-13(8-4-11)17(15)14-9-5-12(16-2)6-10-14/h3-10H,1-2H3/t17-/m0/s1. The summed E-state index contributed by atoms with van der Waals surface area (Å²) in [5, 5.41) is 0. The van der Waals surface area contributed by atoms with Crippen LogP contribution in [-0.4, -0.2) is 11.3 Å². The quantitative estimate of drug-likeness (QED) is 0.831. The van der Waals surface area contributed by atoms with E-state index < -0.39 is 10.8 Å². The Morgan fingerprint density at radius 3 is 1.82 bits per heavy atom. The third kappa shape index (κ3) is 2.74. The monoisotopic (exact) mass is 246 g/mol. The average Bonchev–Trinajstić information content (AvgIpc) is 2.39. The summed E-state index contributed by atoms with van der Waals surface area (Å²) in [4.78, 5) is 1.61. The highest BCUT2D eigenvalue weighted by molar-refractivity contribution is 7.85. The second-order valence-electron chi connectivity index (χ2n) is 3.76. The van der Waals surface area contributed by atoms with Crippen molar-refractivity contribution in [3.8, 4) is 5.75 Å². The van der Waals surface area contributed by atoms with E-state index in [0.29, 0.717) is 0 Å². The molecule has 0 saturated carbocycles. The third-order valence-corrected chi connectivity index (χ3v) is 3.91. The second kappa shape index (κ2) is 5.15. The van der Waals surface area contributed by atoms with Crippen molar-refractivity contribution in [3.63, 3.8) is 0 Å². The van der Waals surface area contributed by atoms with Crippen LogP contribution in [0.2, 0.25) is 0 Å². The number of hydrogen-bond donors (Lipinski definition) is 0. The Morgan fingerprint density at radius 1 is 0.882 bits per heavy atom. The number of hydrogen-bond acceptors (Lipinski definition) is 2. The zero-order valence-corrected chi connectivity index (χ0v) is 10.7. The fourth-order valence-corrected chi connectivity index (χ4v) is 2.54. The lowest BCUT2D eigenvalue weighted by atomic mass is 10.2. The Morgan fingerprint density at radius 2 is 1.35 bits per heavy atom. The molecule has 0 fully saturated rings. The molecule has 3 heteroatoms. The van der Waals surface area contributed by atoms with Gasteiger partial charge in [0.2, 0.25) is 0 Å². The summed E-state index contributed by atoms with van der Waals surface area (Å²) in [6.07, 6.45) is 0. The molecule has 0 heterocycles. The van der Waals surface area contributed by atoms with E-state index in [9.17, 15) is 4.21 Å². The highest BCUT2D eigenvalue weighted by Crippen LogP contribution is 2.19. The van der Waals surface area contributed by atoms with E-state index in [4.69, 9.17) is 4.74 Å². The molecular formula is C14H14O2S. The zero-order chi connectivity index (χ0) is 12.3. The first-order chi connectivity index (χ1) is 8.20. The molecule has 0 unspecified atom stereocenters. The molecule has 0 bridgehead atoms. The van der Waals surface area contributed by atoms with Gasteiger partial charge in [0.15, 0.2) is 0 Å². The van der Waals surface area contributed by atoms with Crippen LogP contribution in [0.1, 0.15) is 5.56 Å². The van der Waals surface area contributed by atoms with Gasteiger partial charge in [-0.1, -0.05) is 17.7 Å². The van der Waals surface area contributed by atoms with Gasteiger partial charge in [0.1, 0.15) is 5.75 Å². The predicted octanol–water partition coefficient (Wildman–Crippen LogP) is 3.17. The van der Waals surface area contributed by atoms with Gasteiger partial charge in [0, 0.05) is 9.79 Å². The SMILES string of the molecule is COc1ccc([S@@](=O)c2ccc(C)cc2)cc1. The molecule has 2 rings (SSSR count). The summed E-state index contributed by atoms with van der Waals surface area (Å²) < 4.78 is 17.3. The molecule has 0 aliphatic rings. The van der Waals surface area contributed by atoms with E-state index in [1.54, 1.807) is 7.11 Å². The number of aryl methyl sites for hydroxylation is 1. The van der Waals surface area contributed by atoms with Gasteiger partial charge in [-0.2, -0.15) is 0 Å². The molecule has 0 N–H and O–H groups in total. The van der Waals surface area contributed by atoms with Crippen LogP contribution >= 0.6 is 0 Å². The Bertz CT molecular complexity index is 515. The molecule has 2 aromatic rings. The van der Waals surface area contributed by atoms with Gasteiger partial charge >= 0.3 is 0 Å². The highest BCUT2D eigenvalue weighted by Gasteiger charge is 2.06. The predicted molar refractivity (Wildman–Crippen MR) is 68.8 cm³/mol. The lowest BCUT2D eigenvalue weighted by molar-refractivity contribution is 0.414. The first-order valence-electron chi connectivity index (χ1n) is 5.33. The van der Waals surface area contributed by atoms with Crippen molar-refractivity contribution in [2.24, 2.45) is 0 Å². The van der Waals surface area contributed by atoms with Crippen LogP contribution in [0, 0.1) is 6.92 Å². The van der Waals surface area contributed by atoms with E-state index in [2.05, 4.69) is 0 Å². The van der Waals surface area contributed by atoms with Gasteiger partial charge in [-0.25, -0.2) is 4.21 Å². The molecule has 0 aromatic heterocycles. The second-order valence-corrected chi connectivity index (χ2v) is 5.24. The highest BCUT2D eigenvalue weighted by atomic mass is 32.2. The molecule has 2 aromatic carbocycles. The molecule has 2 nitrogen and oxygen atoms in total. The molecule has 17 heavy (non-hydrogen) atoms. The molecule has 0 radical (unpaired) electrons. The number of rotatable bonds is 3. The van der Waals surface area contributed by atoms with Crippen LogP contribution in [0.25, 0.3) is 0 Å². The van der Waals surface area contributed by atoms with Gasteiger partial charge in [-0.15, -0.1) is 0 Å². The summed E-state index contributed by atoms with van der Waals surface area (Å²) in [6.45, 7) is 2.01. The first kappa shape index (κ1) is 11.9. The fraction of sp³-hybridized carbons (Fsp3) is 0.143. The van der Waals surface area contributed by atoms with Crippen molar-refractivity contribution in [2.45, 2.75) is 16.7 Å². The summed E-state index contributed by atoms with van der Waals surface area (Å²) in [7, 11) is 0.496. The van der Waals surface area contributed by atoms with Crippen molar-refractivity contribution in [1.29, 1.82) is 0 Å². The maximum atomic E-state index is 12.2. The van der Waals surface area contributed by atoms with Crippen LogP contribution in [-0.2, 0) is 10.8 Å². The summed E-state index contributed by atoms with van der Waals surface area (Å²) in [5.74, 6) is 0.773. The van der Waals surface area contributed by atoms with E-state index in [0.717, 1.165) is 15.5 Å².